The minimum atomic E-state index is -0.402. The summed E-state index contributed by atoms with van der Waals surface area (Å²) in [5.41, 5.74) is 3.65. The number of aliphatic hydroxyl groups excluding tert-OH is 1. The highest BCUT2D eigenvalue weighted by Crippen LogP contribution is 2.20. The Balaban J connectivity index is 2.46. The van der Waals surface area contributed by atoms with Crippen molar-refractivity contribution in [2.45, 2.75) is 20.4 Å². The molecule has 0 saturated carbocycles. The van der Waals surface area contributed by atoms with Crippen LogP contribution in [0.3, 0.4) is 0 Å². The predicted octanol–water partition coefficient (Wildman–Crippen LogP) is 3.71. The third kappa shape index (κ3) is 4.95. The average Bonchev–Trinajstić information content (AvgIpc) is 2.59. The number of nitrogens with zero attached hydrogens (tertiary/aromatic N) is 2. The number of hydrogen-bond donors (Lipinski definition) is 2. The van der Waals surface area contributed by atoms with Crippen molar-refractivity contribution < 1.29 is 9.50 Å². The molecule has 0 aliphatic carbocycles. The van der Waals surface area contributed by atoms with E-state index >= 15 is 0 Å². The van der Waals surface area contributed by atoms with Crippen LogP contribution in [0, 0.1) is 12.7 Å². The fourth-order valence-corrected chi connectivity index (χ4v) is 2.60. The zero-order chi connectivity index (χ0) is 18.4. The molecule has 0 aliphatic heterocycles. The first kappa shape index (κ1) is 19.2. The summed E-state index contributed by atoms with van der Waals surface area (Å²) in [4.78, 5) is 8.59. The molecule has 0 fully saturated rings. The number of aryl methyl sites for hydroxylation is 1. The minimum Gasteiger partial charge on any atom is -0.374 e. The van der Waals surface area contributed by atoms with Gasteiger partial charge in [0.1, 0.15) is 12.5 Å². The van der Waals surface area contributed by atoms with E-state index in [0.717, 1.165) is 11.1 Å². The van der Waals surface area contributed by atoms with E-state index in [1.165, 1.54) is 6.07 Å². The zero-order valence-corrected chi connectivity index (χ0v) is 15.2. The van der Waals surface area contributed by atoms with E-state index in [1.807, 2.05) is 26.1 Å². The van der Waals surface area contributed by atoms with Gasteiger partial charge in [0.2, 0.25) is 0 Å². The number of amidine groups is 1. The summed E-state index contributed by atoms with van der Waals surface area (Å²) >= 11 is 6.30. The highest BCUT2D eigenvalue weighted by molar-refractivity contribution is 6.34. The van der Waals surface area contributed by atoms with Crippen molar-refractivity contribution in [3.8, 4) is 0 Å². The monoisotopic (exact) mass is 361 g/mol. The number of aliphatic hydroxyl groups is 1. The van der Waals surface area contributed by atoms with E-state index in [2.05, 4.69) is 15.3 Å². The first-order valence-corrected chi connectivity index (χ1v) is 8.24. The maximum absolute atomic E-state index is 13.5. The van der Waals surface area contributed by atoms with E-state index in [9.17, 15) is 9.50 Å². The van der Waals surface area contributed by atoms with E-state index < -0.39 is 6.73 Å². The Morgan fingerprint density at radius 3 is 2.64 bits per heavy atom. The number of aliphatic imine (C=N–C) groups is 2. The lowest BCUT2D eigenvalue weighted by Crippen LogP contribution is -2.09. The molecule has 2 aromatic carbocycles. The topological polar surface area (TPSA) is 57.0 Å². The lowest BCUT2D eigenvalue weighted by atomic mass is 10.1. The lowest BCUT2D eigenvalue weighted by molar-refractivity contribution is 0.309. The number of benzene rings is 2. The van der Waals surface area contributed by atoms with Gasteiger partial charge in [0, 0.05) is 17.8 Å². The third-order valence-corrected chi connectivity index (χ3v) is 4.05. The van der Waals surface area contributed by atoms with Crippen LogP contribution in [0.1, 0.15) is 29.2 Å². The van der Waals surface area contributed by atoms with Crippen molar-refractivity contribution in [1.82, 2.24) is 5.32 Å². The summed E-state index contributed by atoms with van der Waals surface area (Å²) in [6.45, 7) is 3.79. The molecule has 0 bridgehead atoms. The molecular formula is C19H21ClFN3O. The van der Waals surface area contributed by atoms with Crippen LogP contribution < -0.4 is 5.32 Å². The number of rotatable bonds is 5. The molecule has 2 rings (SSSR count). The van der Waals surface area contributed by atoms with Gasteiger partial charge in [-0.15, -0.1) is 0 Å². The molecular weight excluding hydrogens is 341 g/mol. The first-order chi connectivity index (χ1) is 12.0. The van der Waals surface area contributed by atoms with Crippen LogP contribution in [-0.4, -0.2) is 30.4 Å². The van der Waals surface area contributed by atoms with Gasteiger partial charge in [-0.05, 0) is 61.9 Å². The lowest BCUT2D eigenvalue weighted by Gasteiger charge is -2.09. The summed E-state index contributed by atoms with van der Waals surface area (Å²) in [6.07, 6.45) is 0. The summed E-state index contributed by atoms with van der Waals surface area (Å²) in [6, 6.07) is 10.4. The van der Waals surface area contributed by atoms with E-state index in [-0.39, 0.29) is 5.82 Å². The van der Waals surface area contributed by atoms with Crippen LogP contribution in [0.15, 0.2) is 46.4 Å². The number of nitrogens with one attached hydrogen (secondary N) is 1. The average molecular weight is 362 g/mol. The second kappa shape index (κ2) is 8.85. The fourth-order valence-electron chi connectivity index (χ4n) is 2.40. The Morgan fingerprint density at radius 2 is 2.00 bits per heavy atom. The van der Waals surface area contributed by atoms with E-state index in [4.69, 9.17) is 11.6 Å². The molecule has 25 heavy (non-hydrogen) atoms. The highest BCUT2D eigenvalue weighted by atomic mass is 35.5. The van der Waals surface area contributed by atoms with Gasteiger partial charge in [-0.3, -0.25) is 0 Å². The van der Waals surface area contributed by atoms with Crippen molar-refractivity contribution in [3.05, 3.63) is 69.5 Å². The molecule has 132 valence electrons. The Morgan fingerprint density at radius 1 is 1.24 bits per heavy atom. The molecule has 2 aromatic rings. The molecule has 0 unspecified atom stereocenters. The number of halogens is 2. The molecule has 0 amide bonds. The van der Waals surface area contributed by atoms with Crippen molar-refractivity contribution in [2.24, 2.45) is 9.98 Å². The quantitative estimate of drug-likeness (QED) is 0.630. The first-order valence-electron chi connectivity index (χ1n) is 7.86. The van der Waals surface area contributed by atoms with Crippen LogP contribution in [0.5, 0.6) is 0 Å². The normalized spacial score (nSPS) is 12.6. The number of hydrogen-bond acceptors (Lipinski definition) is 3. The van der Waals surface area contributed by atoms with Crippen molar-refractivity contribution >= 4 is 23.1 Å². The summed E-state index contributed by atoms with van der Waals surface area (Å²) in [5.74, 6) is 0.0774. The summed E-state index contributed by atoms with van der Waals surface area (Å²) in [7, 11) is 1.86. The minimum absolute atomic E-state index is 0.261. The van der Waals surface area contributed by atoms with Gasteiger partial charge < -0.3 is 10.4 Å². The Hall–Kier alpha value is -2.08. The molecule has 0 radical (unpaired) electrons. The Labute approximate surface area is 152 Å². The SMILES string of the molecule is CNCc1ccc(Cl)c(C(=N/CO)/N=C(\C)c2ccc(F)c(C)c2)c1. The van der Waals surface area contributed by atoms with Gasteiger partial charge in [0.15, 0.2) is 5.84 Å². The van der Waals surface area contributed by atoms with Crippen molar-refractivity contribution in [1.29, 1.82) is 0 Å². The Bertz CT molecular complexity index is 818. The predicted molar refractivity (Wildman–Crippen MR) is 101 cm³/mol. The smallest absolute Gasteiger partial charge is 0.158 e. The van der Waals surface area contributed by atoms with Gasteiger partial charge in [-0.2, -0.15) is 0 Å². The van der Waals surface area contributed by atoms with E-state index in [0.29, 0.717) is 34.2 Å². The fraction of sp³-hybridized carbons (Fsp3) is 0.263. The molecule has 0 spiro atoms. The van der Waals surface area contributed by atoms with Gasteiger partial charge in [0.25, 0.3) is 0 Å². The molecule has 0 heterocycles. The van der Waals surface area contributed by atoms with Crippen LogP contribution in [0.2, 0.25) is 5.02 Å². The molecule has 4 nitrogen and oxygen atoms in total. The van der Waals surface area contributed by atoms with Gasteiger partial charge in [-0.25, -0.2) is 14.4 Å². The highest BCUT2D eigenvalue weighted by Gasteiger charge is 2.11. The zero-order valence-electron chi connectivity index (χ0n) is 14.5. The summed E-state index contributed by atoms with van der Waals surface area (Å²) < 4.78 is 13.5. The molecule has 2 N–H and O–H groups in total. The van der Waals surface area contributed by atoms with Crippen LogP contribution in [0.4, 0.5) is 4.39 Å². The molecule has 0 aliphatic rings. The standard InChI is InChI=1S/C19H21ClFN3O/c1-12-8-15(5-7-18(12)21)13(2)24-19(23-11-25)16-9-14(10-22-3)4-6-17(16)20/h4-9,22,25H,10-11H2,1-3H3/b23-19-,24-13+. The molecule has 6 heteroatoms. The van der Waals surface area contributed by atoms with Gasteiger partial charge in [0.05, 0.1) is 5.02 Å². The Kier molecular flexibility index (Phi) is 6.82. The molecule has 0 atom stereocenters. The van der Waals surface area contributed by atoms with Gasteiger partial charge in [-0.1, -0.05) is 23.7 Å². The van der Waals surface area contributed by atoms with Crippen LogP contribution >= 0.6 is 11.6 Å². The van der Waals surface area contributed by atoms with Crippen LogP contribution in [0.25, 0.3) is 0 Å². The molecule has 0 saturated heterocycles. The third-order valence-electron chi connectivity index (χ3n) is 3.72. The maximum Gasteiger partial charge on any atom is 0.158 e. The second-order valence-electron chi connectivity index (χ2n) is 5.63. The largest absolute Gasteiger partial charge is 0.374 e. The van der Waals surface area contributed by atoms with Crippen molar-refractivity contribution in [3.63, 3.8) is 0 Å². The van der Waals surface area contributed by atoms with Gasteiger partial charge >= 0.3 is 0 Å². The second-order valence-corrected chi connectivity index (χ2v) is 6.04. The molecule has 0 aromatic heterocycles. The van der Waals surface area contributed by atoms with Crippen molar-refractivity contribution in [2.75, 3.05) is 13.8 Å². The van der Waals surface area contributed by atoms with E-state index in [1.54, 1.807) is 25.1 Å². The summed E-state index contributed by atoms with van der Waals surface area (Å²) in [5, 5.41) is 12.8. The maximum atomic E-state index is 13.5. The van der Waals surface area contributed by atoms with Crippen LogP contribution in [-0.2, 0) is 6.54 Å².